The number of thioether (sulfide) groups is 1. The summed E-state index contributed by atoms with van der Waals surface area (Å²) in [6.07, 6.45) is 3.46. The molecule has 6 heteroatoms. The van der Waals surface area contributed by atoms with Crippen LogP contribution in [0.1, 0.15) is 12.6 Å². The molecule has 4 nitrogen and oxygen atoms in total. The van der Waals surface area contributed by atoms with Crippen molar-refractivity contribution >= 4 is 23.7 Å². The van der Waals surface area contributed by atoms with Crippen molar-refractivity contribution in [1.29, 1.82) is 0 Å². The highest BCUT2D eigenvalue weighted by Gasteiger charge is 2.03. The molecule has 1 aromatic carbocycles. The average molecular weight is 278 g/mol. The zero-order valence-electron chi connectivity index (χ0n) is 10.8. The molecule has 0 radical (unpaired) electrons. The quantitative estimate of drug-likeness (QED) is 0.519. The van der Waals surface area contributed by atoms with Crippen LogP contribution in [0.15, 0.2) is 40.7 Å². The molecule has 0 fully saturated rings. The van der Waals surface area contributed by atoms with Crippen LogP contribution in [0.3, 0.4) is 0 Å². The van der Waals surface area contributed by atoms with Gasteiger partial charge in [0.05, 0.1) is 23.8 Å². The molecule has 1 aromatic heterocycles. The molecule has 0 saturated carbocycles. The first kappa shape index (κ1) is 13.6. The first-order valence-electron chi connectivity index (χ1n) is 5.90. The Labute approximate surface area is 115 Å². The summed E-state index contributed by atoms with van der Waals surface area (Å²) in [5.41, 5.74) is 4.49. The van der Waals surface area contributed by atoms with Crippen LogP contribution in [0.4, 0.5) is 10.1 Å². The standard InChI is InChI=1S/C13H15FN4S/c1-3-19-13-15-8-12(18(13)2)9-16-17-11-6-4-10(14)5-7-11/h4-9,17H,3H2,1-2H3/b16-9+. The van der Waals surface area contributed by atoms with E-state index in [0.29, 0.717) is 0 Å². The van der Waals surface area contributed by atoms with Gasteiger partial charge in [-0.25, -0.2) is 9.37 Å². The van der Waals surface area contributed by atoms with Crippen molar-refractivity contribution in [3.8, 4) is 0 Å². The van der Waals surface area contributed by atoms with Gasteiger partial charge in [-0.2, -0.15) is 5.10 Å². The highest BCUT2D eigenvalue weighted by atomic mass is 32.2. The second kappa shape index (κ2) is 6.38. The van der Waals surface area contributed by atoms with E-state index in [1.165, 1.54) is 12.1 Å². The van der Waals surface area contributed by atoms with E-state index in [1.54, 1.807) is 36.3 Å². The number of aromatic nitrogens is 2. The fraction of sp³-hybridized carbons (Fsp3) is 0.231. The van der Waals surface area contributed by atoms with Gasteiger partial charge in [0.15, 0.2) is 5.16 Å². The maximum Gasteiger partial charge on any atom is 0.168 e. The highest BCUT2D eigenvalue weighted by Crippen LogP contribution is 2.15. The zero-order valence-corrected chi connectivity index (χ0v) is 11.6. The Bertz CT molecular complexity index is 563. The molecule has 0 spiro atoms. The van der Waals surface area contributed by atoms with Crippen molar-refractivity contribution in [2.75, 3.05) is 11.2 Å². The molecular weight excluding hydrogens is 263 g/mol. The van der Waals surface area contributed by atoms with Gasteiger partial charge in [0.2, 0.25) is 0 Å². The average Bonchev–Trinajstić information content (AvgIpc) is 2.75. The van der Waals surface area contributed by atoms with Crippen LogP contribution in [0.5, 0.6) is 0 Å². The Morgan fingerprint density at radius 1 is 1.42 bits per heavy atom. The summed E-state index contributed by atoms with van der Waals surface area (Å²) in [5.74, 6) is 0.720. The first-order valence-corrected chi connectivity index (χ1v) is 6.88. The van der Waals surface area contributed by atoms with Crippen LogP contribution < -0.4 is 5.43 Å². The van der Waals surface area contributed by atoms with Crippen molar-refractivity contribution in [2.45, 2.75) is 12.1 Å². The molecule has 1 heterocycles. The summed E-state index contributed by atoms with van der Waals surface area (Å²) in [5, 5.41) is 5.07. The number of hydrazone groups is 1. The lowest BCUT2D eigenvalue weighted by atomic mass is 10.3. The summed E-state index contributed by atoms with van der Waals surface area (Å²) in [4.78, 5) is 4.30. The van der Waals surface area contributed by atoms with E-state index in [1.807, 2.05) is 11.6 Å². The van der Waals surface area contributed by atoms with Crippen molar-refractivity contribution in [3.63, 3.8) is 0 Å². The number of halogens is 1. The summed E-state index contributed by atoms with van der Waals surface area (Å²) in [6.45, 7) is 2.09. The molecule has 0 unspecified atom stereocenters. The lowest BCUT2D eigenvalue weighted by Gasteiger charge is -2.01. The Balaban J connectivity index is 2.00. The van der Waals surface area contributed by atoms with Crippen LogP contribution >= 0.6 is 11.8 Å². The Hall–Kier alpha value is -1.82. The number of hydrogen-bond donors (Lipinski definition) is 1. The summed E-state index contributed by atoms with van der Waals surface area (Å²) >= 11 is 1.68. The second-order valence-corrected chi connectivity index (χ2v) is 5.07. The van der Waals surface area contributed by atoms with E-state index in [0.717, 1.165) is 22.3 Å². The van der Waals surface area contributed by atoms with Crippen LogP contribution in [-0.2, 0) is 7.05 Å². The smallest absolute Gasteiger partial charge is 0.168 e. The minimum atomic E-state index is -0.262. The third-order valence-corrected chi connectivity index (χ3v) is 3.42. The van der Waals surface area contributed by atoms with E-state index in [-0.39, 0.29) is 5.82 Å². The van der Waals surface area contributed by atoms with Gasteiger partial charge in [-0.1, -0.05) is 18.7 Å². The van der Waals surface area contributed by atoms with E-state index in [2.05, 4.69) is 22.4 Å². The SMILES string of the molecule is CCSc1ncc(/C=N/Nc2ccc(F)cc2)n1C. The topological polar surface area (TPSA) is 42.2 Å². The van der Waals surface area contributed by atoms with Crippen LogP contribution in [0.2, 0.25) is 0 Å². The molecular formula is C13H15FN4S. The third kappa shape index (κ3) is 3.57. The molecule has 0 atom stereocenters. The highest BCUT2D eigenvalue weighted by molar-refractivity contribution is 7.99. The number of nitrogens with one attached hydrogen (secondary N) is 1. The van der Waals surface area contributed by atoms with Gasteiger partial charge in [-0.15, -0.1) is 0 Å². The predicted octanol–water partition coefficient (Wildman–Crippen LogP) is 3.12. The monoisotopic (exact) mass is 278 g/mol. The number of rotatable bonds is 5. The third-order valence-electron chi connectivity index (χ3n) is 2.49. The minimum Gasteiger partial charge on any atom is -0.321 e. The maximum absolute atomic E-state index is 12.7. The number of nitrogens with zero attached hydrogens (tertiary/aromatic N) is 3. The van der Waals surface area contributed by atoms with Gasteiger partial charge in [0.25, 0.3) is 0 Å². The van der Waals surface area contributed by atoms with Gasteiger partial charge in [-0.05, 0) is 30.0 Å². The molecule has 0 aliphatic carbocycles. The van der Waals surface area contributed by atoms with E-state index in [4.69, 9.17) is 0 Å². The lowest BCUT2D eigenvalue weighted by molar-refractivity contribution is 0.628. The molecule has 2 aromatic rings. The maximum atomic E-state index is 12.7. The summed E-state index contributed by atoms with van der Waals surface area (Å²) in [7, 11) is 1.95. The molecule has 0 bridgehead atoms. The minimum absolute atomic E-state index is 0.262. The molecule has 100 valence electrons. The molecule has 0 saturated heterocycles. The van der Waals surface area contributed by atoms with Crippen molar-refractivity contribution in [3.05, 3.63) is 42.0 Å². The Kier molecular flexibility index (Phi) is 4.57. The van der Waals surface area contributed by atoms with Gasteiger partial charge in [0.1, 0.15) is 5.82 Å². The Morgan fingerprint density at radius 2 is 2.16 bits per heavy atom. The summed E-state index contributed by atoms with van der Waals surface area (Å²) < 4.78 is 14.7. The van der Waals surface area contributed by atoms with Crippen molar-refractivity contribution in [2.24, 2.45) is 12.1 Å². The predicted molar refractivity (Wildman–Crippen MR) is 77.2 cm³/mol. The molecule has 0 aliphatic rings. The number of hydrogen-bond acceptors (Lipinski definition) is 4. The van der Waals surface area contributed by atoms with E-state index >= 15 is 0 Å². The van der Waals surface area contributed by atoms with Gasteiger partial charge in [-0.3, -0.25) is 5.43 Å². The van der Waals surface area contributed by atoms with Crippen LogP contribution in [0.25, 0.3) is 0 Å². The van der Waals surface area contributed by atoms with Crippen LogP contribution in [0, 0.1) is 5.82 Å². The molecule has 1 N–H and O–H groups in total. The zero-order chi connectivity index (χ0) is 13.7. The first-order chi connectivity index (χ1) is 9.20. The van der Waals surface area contributed by atoms with Gasteiger partial charge < -0.3 is 4.57 Å². The van der Waals surface area contributed by atoms with Crippen molar-refractivity contribution in [1.82, 2.24) is 9.55 Å². The number of anilines is 1. The van der Waals surface area contributed by atoms with Gasteiger partial charge >= 0.3 is 0 Å². The van der Waals surface area contributed by atoms with E-state index in [9.17, 15) is 4.39 Å². The van der Waals surface area contributed by atoms with E-state index < -0.39 is 0 Å². The largest absolute Gasteiger partial charge is 0.321 e. The number of imidazole rings is 1. The normalized spacial score (nSPS) is 11.1. The Morgan fingerprint density at radius 3 is 2.84 bits per heavy atom. The molecule has 0 amide bonds. The fourth-order valence-corrected chi connectivity index (χ4v) is 2.17. The van der Waals surface area contributed by atoms with Crippen molar-refractivity contribution < 1.29 is 4.39 Å². The molecule has 2 rings (SSSR count). The molecule has 19 heavy (non-hydrogen) atoms. The lowest BCUT2D eigenvalue weighted by Crippen LogP contribution is -1.98. The molecule has 0 aliphatic heterocycles. The second-order valence-electron chi connectivity index (χ2n) is 3.83. The summed E-state index contributed by atoms with van der Waals surface area (Å²) in [6, 6.07) is 6.04. The van der Waals surface area contributed by atoms with Crippen LogP contribution in [-0.4, -0.2) is 21.5 Å². The fourth-order valence-electron chi connectivity index (χ4n) is 1.49. The van der Waals surface area contributed by atoms with Gasteiger partial charge in [0, 0.05) is 7.05 Å². The number of benzene rings is 1.